The number of hydrogen-bond acceptors (Lipinski definition) is 4. The smallest absolute Gasteiger partial charge is 0.275 e. The van der Waals surface area contributed by atoms with Crippen molar-refractivity contribution in [2.24, 2.45) is 0 Å². The quantitative estimate of drug-likeness (QED) is 0.659. The largest absolute Gasteiger partial charge is 0.393 e. The molecule has 1 saturated heterocycles. The zero-order valence-electron chi connectivity index (χ0n) is 11.5. The summed E-state index contributed by atoms with van der Waals surface area (Å²) >= 11 is 3.27. The van der Waals surface area contributed by atoms with Gasteiger partial charge in [0.2, 0.25) is 0 Å². The maximum Gasteiger partial charge on any atom is 0.275 e. The molecule has 0 radical (unpaired) electrons. The summed E-state index contributed by atoms with van der Waals surface area (Å²) in [4.78, 5) is 13.0. The van der Waals surface area contributed by atoms with E-state index in [1.807, 2.05) is 6.07 Å². The predicted molar refractivity (Wildman–Crippen MR) is 80.5 cm³/mol. The van der Waals surface area contributed by atoms with Crippen molar-refractivity contribution in [1.82, 2.24) is 4.90 Å². The van der Waals surface area contributed by atoms with E-state index in [0.717, 1.165) is 35.8 Å². The van der Waals surface area contributed by atoms with E-state index in [9.17, 15) is 15.2 Å². The Morgan fingerprint density at radius 2 is 2.35 bits per heavy atom. The topological polar surface area (TPSA) is 66.6 Å². The molecular weight excluding hydrogens is 324 g/mol. The van der Waals surface area contributed by atoms with Crippen LogP contribution in [-0.4, -0.2) is 33.6 Å². The summed E-state index contributed by atoms with van der Waals surface area (Å²) in [5.74, 6) is 0. The zero-order chi connectivity index (χ0) is 14.7. The Labute approximate surface area is 126 Å². The van der Waals surface area contributed by atoms with Crippen molar-refractivity contribution in [3.05, 3.63) is 38.3 Å². The SMILES string of the molecule is CC(O)CC1CCCN1Cc1ccc(Br)cc1[N+](=O)[O-]. The molecule has 110 valence electrons. The minimum Gasteiger partial charge on any atom is -0.393 e. The fourth-order valence-electron chi connectivity index (χ4n) is 2.82. The minimum atomic E-state index is -0.333. The number of aliphatic hydroxyl groups is 1. The molecule has 1 heterocycles. The Morgan fingerprint density at radius 1 is 1.60 bits per heavy atom. The summed E-state index contributed by atoms with van der Waals surface area (Å²) < 4.78 is 0.718. The number of benzene rings is 1. The molecule has 1 aromatic carbocycles. The van der Waals surface area contributed by atoms with Gasteiger partial charge in [-0.05, 0) is 44.9 Å². The Kier molecular flexibility index (Phi) is 5.12. The molecule has 0 saturated carbocycles. The first-order valence-electron chi connectivity index (χ1n) is 6.82. The fourth-order valence-corrected chi connectivity index (χ4v) is 3.17. The van der Waals surface area contributed by atoms with Crippen molar-refractivity contribution in [1.29, 1.82) is 0 Å². The van der Waals surface area contributed by atoms with E-state index >= 15 is 0 Å². The molecule has 1 aliphatic rings. The molecule has 1 fully saturated rings. The van der Waals surface area contributed by atoms with Gasteiger partial charge in [0, 0.05) is 28.7 Å². The lowest BCUT2D eigenvalue weighted by molar-refractivity contribution is -0.385. The van der Waals surface area contributed by atoms with Gasteiger partial charge in [0.25, 0.3) is 5.69 Å². The van der Waals surface area contributed by atoms with Crippen molar-refractivity contribution in [3.8, 4) is 0 Å². The second-order valence-electron chi connectivity index (χ2n) is 5.38. The highest BCUT2D eigenvalue weighted by Gasteiger charge is 2.27. The molecular formula is C14H19BrN2O3. The number of aliphatic hydroxyl groups excluding tert-OH is 1. The Morgan fingerprint density at radius 3 is 3.00 bits per heavy atom. The molecule has 1 aromatic rings. The maximum atomic E-state index is 11.1. The van der Waals surface area contributed by atoms with Gasteiger partial charge in [-0.15, -0.1) is 0 Å². The van der Waals surface area contributed by atoms with Gasteiger partial charge in [-0.25, -0.2) is 0 Å². The third-order valence-corrected chi connectivity index (χ3v) is 4.22. The number of likely N-dealkylation sites (tertiary alicyclic amines) is 1. The van der Waals surface area contributed by atoms with E-state index in [-0.39, 0.29) is 16.7 Å². The first-order chi connectivity index (χ1) is 9.47. The molecule has 1 aliphatic heterocycles. The van der Waals surface area contributed by atoms with Crippen LogP contribution in [0.3, 0.4) is 0 Å². The molecule has 0 aromatic heterocycles. The lowest BCUT2D eigenvalue weighted by atomic mass is 10.1. The number of hydrogen-bond donors (Lipinski definition) is 1. The third-order valence-electron chi connectivity index (χ3n) is 3.73. The zero-order valence-corrected chi connectivity index (χ0v) is 13.0. The summed E-state index contributed by atoms with van der Waals surface area (Å²) in [6.07, 6.45) is 2.53. The van der Waals surface area contributed by atoms with Crippen LogP contribution in [0.25, 0.3) is 0 Å². The molecule has 2 unspecified atom stereocenters. The number of rotatable bonds is 5. The number of halogens is 1. The van der Waals surface area contributed by atoms with E-state index in [0.29, 0.717) is 12.6 Å². The number of nitro benzene ring substituents is 1. The lowest BCUT2D eigenvalue weighted by Gasteiger charge is -2.25. The minimum absolute atomic E-state index is 0.155. The van der Waals surface area contributed by atoms with Crippen LogP contribution in [-0.2, 0) is 6.54 Å². The van der Waals surface area contributed by atoms with Gasteiger partial charge in [-0.2, -0.15) is 0 Å². The third kappa shape index (κ3) is 3.77. The Bertz CT molecular complexity index is 493. The summed E-state index contributed by atoms with van der Waals surface area (Å²) in [6, 6.07) is 5.51. The Balaban J connectivity index is 2.15. The van der Waals surface area contributed by atoms with Crippen LogP contribution < -0.4 is 0 Å². The molecule has 2 atom stereocenters. The first kappa shape index (κ1) is 15.4. The van der Waals surface area contributed by atoms with Crippen molar-refractivity contribution in [2.45, 2.75) is 44.9 Å². The second kappa shape index (κ2) is 6.65. The van der Waals surface area contributed by atoms with Crippen molar-refractivity contribution in [2.75, 3.05) is 6.54 Å². The van der Waals surface area contributed by atoms with Gasteiger partial charge in [-0.3, -0.25) is 15.0 Å². The fraction of sp³-hybridized carbons (Fsp3) is 0.571. The normalized spacial score (nSPS) is 21.1. The van der Waals surface area contributed by atoms with E-state index in [4.69, 9.17) is 0 Å². The molecule has 0 amide bonds. The highest BCUT2D eigenvalue weighted by Crippen LogP contribution is 2.29. The van der Waals surface area contributed by atoms with Crippen LogP contribution >= 0.6 is 15.9 Å². The summed E-state index contributed by atoms with van der Waals surface area (Å²) in [7, 11) is 0. The van der Waals surface area contributed by atoms with Crippen LogP contribution in [0.2, 0.25) is 0 Å². The van der Waals surface area contributed by atoms with Gasteiger partial charge < -0.3 is 5.11 Å². The van der Waals surface area contributed by atoms with Crippen LogP contribution in [0.5, 0.6) is 0 Å². The molecule has 2 rings (SSSR count). The van der Waals surface area contributed by atoms with Gasteiger partial charge in [0.1, 0.15) is 0 Å². The van der Waals surface area contributed by atoms with Gasteiger partial charge in [0.15, 0.2) is 0 Å². The summed E-state index contributed by atoms with van der Waals surface area (Å²) in [5.41, 5.74) is 0.887. The average molecular weight is 343 g/mol. The van der Waals surface area contributed by atoms with Crippen LogP contribution in [0, 0.1) is 10.1 Å². The number of nitro groups is 1. The average Bonchev–Trinajstić information content (AvgIpc) is 2.78. The molecule has 20 heavy (non-hydrogen) atoms. The van der Waals surface area contributed by atoms with Crippen LogP contribution in [0.4, 0.5) is 5.69 Å². The van der Waals surface area contributed by atoms with E-state index in [2.05, 4.69) is 20.8 Å². The maximum absolute atomic E-state index is 11.1. The molecule has 0 spiro atoms. The molecule has 0 bridgehead atoms. The van der Waals surface area contributed by atoms with Gasteiger partial charge in [-0.1, -0.05) is 15.9 Å². The van der Waals surface area contributed by atoms with E-state index < -0.39 is 0 Å². The van der Waals surface area contributed by atoms with Crippen LogP contribution in [0.1, 0.15) is 31.7 Å². The standard InChI is InChI=1S/C14H19BrN2O3/c1-10(18)7-13-3-2-6-16(13)9-11-4-5-12(15)8-14(11)17(19)20/h4-5,8,10,13,18H,2-3,6-7,9H2,1H3. The summed E-state index contributed by atoms with van der Waals surface area (Å²) in [5, 5.41) is 20.7. The molecule has 1 N–H and O–H groups in total. The molecule has 0 aliphatic carbocycles. The van der Waals surface area contributed by atoms with Crippen molar-refractivity contribution >= 4 is 21.6 Å². The summed E-state index contributed by atoms with van der Waals surface area (Å²) in [6.45, 7) is 3.30. The number of nitrogens with zero attached hydrogens (tertiary/aromatic N) is 2. The van der Waals surface area contributed by atoms with Crippen molar-refractivity contribution < 1.29 is 10.0 Å². The van der Waals surface area contributed by atoms with Crippen molar-refractivity contribution in [3.63, 3.8) is 0 Å². The Hall–Kier alpha value is -0.980. The van der Waals surface area contributed by atoms with Gasteiger partial charge in [0.05, 0.1) is 11.0 Å². The second-order valence-corrected chi connectivity index (χ2v) is 6.30. The monoisotopic (exact) mass is 342 g/mol. The molecule has 6 heteroatoms. The first-order valence-corrected chi connectivity index (χ1v) is 7.61. The lowest BCUT2D eigenvalue weighted by Crippen LogP contribution is -2.31. The van der Waals surface area contributed by atoms with Gasteiger partial charge >= 0.3 is 0 Å². The van der Waals surface area contributed by atoms with E-state index in [1.54, 1.807) is 19.1 Å². The molecule has 5 nitrogen and oxygen atoms in total. The predicted octanol–water partition coefficient (Wildman–Crippen LogP) is 3.09. The van der Waals surface area contributed by atoms with Crippen LogP contribution in [0.15, 0.2) is 22.7 Å². The highest BCUT2D eigenvalue weighted by molar-refractivity contribution is 9.10. The highest BCUT2D eigenvalue weighted by atomic mass is 79.9. The van der Waals surface area contributed by atoms with E-state index in [1.165, 1.54) is 0 Å².